The van der Waals surface area contributed by atoms with E-state index in [1.165, 1.54) is 14.2 Å². The number of phenols is 1. The first-order valence-electron chi connectivity index (χ1n) is 10.6. The number of carbonyl (C=O) groups is 3. The second kappa shape index (κ2) is 14.5. The molecule has 0 aliphatic heterocycles. The minimum atomic E-state index is -1.14. The number of aryl methyl sites for hydroxylation is 1. The van der Waals surface area contributed by atoms with Crippen LogP contribution < -0.4 is 15.4 Å². The zero-order valence-electron chi connectivity index (χ0n) is 19.2. The molecular formula is C24H32N2O8. The molecule has 0 aromatic heterocycles. The largest absolute Gasteiger partial charge is 0.504 e. The highest BCUT2D eigenvalue weighted by Crippen LogP contribution is 2.26. The van der Waals surface area contributed by atoms with Gasteiger partial charge in [0.15, 0.2) is 11.5 Å². The number of ether oxygens (including phenoxy) is 2. The van der Waals surface area contributed by atoms with Crippen molar-refractivity contribution >= 4 is 17.8 Å². The van der Waals surface area contributed by atoms with Crippen LogP contribution in [-0.4, -0.2) is 66.4 Å². The van der Waals surface area contributed by atoms with Crippen molar-refractivity contribution in [2.45, 2.75) is 37.8 Å². The molecule has 0 bridgehead atoms. The van der Waals surface area contributed by atoms with Crippen LogP contribution in [0.4, 0.5) is 0 Å². The average molecular weight is 477 g/mol. The van der Waals surface area contributed by atoms with Gasteiger partial charge in [0, 0.05) is 6.42 Å². The lowest BCUT2D eigenvalue weighted by atomic mass is 10.0. The maximum Gasteiger partial charge on any atom is 0.328 e. The molecule has 1 amide bonds. The summed E-state index contributed by atoms with van der Waals surface area (Å²) < 4.78 is 9.82. The highest BCUT2D eigenvalue weighted by atomic mass is 16.5. The Morgan fingerprint density at radius 2 is 1.71 bits per heavy atom. The van der Waals surface area contributed by atoms with Gasteiger partial charge < -0.3 is 35.8 Å². The van der Waals surface area contributed by atoms with E-state index in [2.05, 4.69) is 10.6 Å². The summed E-state index contributed by atoms with van der Waals surface area (Å²) in [5.41, 5.74) is 1.71. The lowest BCUT2D eigenvalue weighted by Gasteiger charge is -2.21. The topological polar surface area (TPSA) is 166 Å². The van der Waals surface area contributed by atoms with E-state index in [-0.39, 0.29) is 17.6 Å². The molecule has 0 unspecified atom stereocenters. The average Bonchev–Trinajstić information content (AvgIpc) is 2.80. The van der Waals surface area contributed by atoms with Gasteiger partial charge >= 0.3 is 11.9 Å². The van der Waals surface area contributed by atoms with E-state index in [0.717, 1.165) is 11.1 Å². The van der Waals surface area contributed by atoms with E-state index in [4.69, 9.17) is 9.47 Å². The number of hydrogen-bond donors (Lipinski definition) is 4. The van der Waals surface area contributed by atoms with Crippen molar-refractivity contribution in [2.24, 2.45) is 0 Å². The maximum absolute atomic E-state index is 12.8. The molecular weight excluding hydrogens is 444 g/mol. The van der Waals surface area contributed by atoms with Crippen LogP contribution in [0.5, 0.6) is 11.5 Å². The molecule has 2 aromatic rings. The summed E-state index contributed by atoms with van der Waals surface area (Å²) >= 11 is 0. The first-order chi connectivity index (χ1) is 15.8. The molecule has 2 atom stereocenters. The molecule has 0 aliphatic carbocycles. The molecule has 10 heteroatoms. The minimum Gasteiger partial charge on any atom is -0.504 e. The number of carboxylic acid groups (broad SMARTS) is 1. The fraction of sp³-hybridized carbons (Fsp3) is 0.375. The fourth-order valence-corrected chi connectivity index (χ4v) is 3.35. The molecule has 34 heavy (non-hydrogen) atoms. The van der Waals surface area contributed by atoms with Crippen LogP contribution >= 0.6 is 0 Å². The normalized spacial score (nSPS) is 12.1. The third-order valence-corrected chi connectivity index (χ3v) is 5.06. The Hall–Kier alpha value is -3.63. The summed E-state index contributed by atoms with van der Waals surface area (Å²) in [4.78, 5) is 36.3. The Labute approximate surface area is 198 Å². The Balaban J connectivity index is 0.00000578. The highest BCUT2D eigenvalue weighted by Gasteiger charge is 2.27. The number of methoxy groups -OCH3 is 2. The van der Waals surface area contributed by atoms with Gasteiger partial charge in [-0.3, -0.25) is 9.59 Å². The standard InChI is InChI=1S/C24H30N2O7.H2O/c1-32-21-11-10-17(14-20(21)27)9-6-12-25-18(15-22(28)29)23(30)26-19(24(31)33-2)13-16-7-4-3-5-8-16;/h3-5,7-8,10-11,14,18-19,25,27H,6,9,12-13,15H2,1-2H3,(H,26,30)(H,28,29);1H2/t18-,19-;/m0./s1. The van der Waals surface area contributed by atoms with Gasteiger partial charge in [0.25, 0.3) is 0 Å². The number of nitrogens with one attached hydrogen (secondary N) is 2. The predicted molar refractivity (Wildman–Crippen MR) is 125 cm³/mol. The third kappa shape index (κ3) is 9.08. The smallest absolute Gasteiger partial charge is 0.328 e. The lowest BCUT2D eigenvalue weighted by molar-refractivity contribution is -0.145. The van der Waals surface area contributed by atoms with Crippen LogP contribution in [0.25, 0.3) is 0 Å². The van der Waals surface area contributed by atoms with Crippen molar-refractivity contribution in [1.82, 2.24) is 10.6 Å². The second-order valence-electron chi connectivity index (χ2n) is 7.49. The molecule has 10 nitrogen and oxygen atoms in total. The molecule has 0 saturated carbocycles. The van der Waals surface area contributed by atoms with E-state index in [9.17, 15) is 24.6 Å². The molecule has 0 fully saturated rings. The van der Waals surface area contributed by atoms with Gasteiger partial charge in [-0.25, -0.2) is 4.79 Å². The van der Waals surface area contributed by atoms with Crippen LogP contribution in [0.1, 0.15) is 24.0 Å². The Morgan fingerprint density at radius 3 is 2.29 bits per heavy atom. The number of rotatable bonds is 13. The summed E-state index contributed by atoms with van der Waals surface area (Å²) in [6.07, 6.45) is 0.985. The molecule has 0 spiro atoms. The van der Waals surface area contributed by atoms with Gasteiger partial charge in [-0.05, 0) is 42.6 Å². The summed E-state index contributed by atoms with van der Waals surface area (Å²) in [6.45, 7) is 0.361. The fourth-order valence-electron chi connectivity index (χ4n) is 3.35. The Kier molecular flexibility index (Phi) is 12.1. The summed E-state index contributed by atoms with van der Waals surface area (Å²) in [6, 6.07) is 12.3. The highest BCUT2D eigenvalue weighted by molar-refractivity contribution is 5.90. The molecule has 0 aliphatic rings. The first-order valence-corrected chi connectivity index (χ1v) is 10.6. The van der Waals surface area contributed by atoms with E-state index in [1.807, 2.05) is 36.4 Å². The third-order valence-electron chi connectivity index (χ3n) is 5.06. The number of aliphatic carboxylic acids is 1. The van der Waals surface area contributed by atoms with Crippen molar-refractivity contribution in [3.05, 3.63) is 59.7 Å². The maximum atomic E-state index is 12.8. The minimum absolute atomic E-state index is 0. The zero-order chi connectivity index (χ0) is 24.2. The summed E-state index contributed by atoms with van der Waals surface area (Å²) in [5.74, 6) is -1.92. The van der Waals surface area contributed by atoms with Crippen molar-refractivity contribution < 1.29 is 39.5 Å². The predicted octanol–water partition coefficient (Wildman–Crippen LogP) is 0.842. The summed E-state index contributed by atoms with van der Waals surface area (Å²) in [5, 5.41) is 24.7. The van der Waals surface area contributed by atoms with Crippen LogP contribution in [0, 0.1) is 0 Å². The lowest BCUT2D eigenvalue weighted by Crippen LogP contribution is -2.52. The van der Waals surface area contributed by atoms with Crippen LogP contribution in [-0.2, 0) is 32.0 Å². The van der Waals surface area contributed by atoms with Crippen LogP contribution in [0.3, 0.4) is 0 Å². The zero-order valence-corrected chi connectivity index (χ0v) is 19.2. The molecule has 0 saturated heterocycles. The van der Waals surface area contributed by atoms with Crippen molar-refractivity contribution in [3.8, 4) is 11.5 Å². The molecule has 0 radical (unpaired) electrons. The summed E-state index contributed by atoms with van der Waals surface area (Å²) in [7, 11) is 2.70. The number of esters is 1. The second-order valence-corrected chi connectivity index (χ2v) is 7.49. The molecule has 0 heterocycles. The number of hydrogen-bond acceptors (Lipinski definition) is 7. The number of phenolic OH excluding ortho intramolecular Hbond substituents is 1. The number of benzene rings is 2. The van der Waals surface area contributed by atoms with Gasteiger partial charge in [-0.15, -0.1) is 0 Å². The number of carboxylic acids is 1. The van der Waals surface area contributed by atoms with Crippen LogP contribution in [0.15, 0.2) is 48.5 Å². The van der Waals surface area contributed by atoms with Crippen molar-refractivity contribution in [3.63, 3.8) is 0 Å². The van der Waals surface area contributed by atoms with E-state index >= 15 is 0 Å². The SMILES string of the molecule is COC(=O)[C@H](Cc1ccccc1)NC(=O)[C@H](CC(=O)O)NCCCc1ccc(OC)c(O)c1.O. The van der Waals surface area contributed by atoms with Gasteiger partial charge in [-0.1, -0.05) is 36.4 Å². The molecule has 2 rings (SSSR count). The van der Waals surface area contributed by atoms with E-state index < -0.39 is 36.4 Å². The monoisotopic (exact) mass is 476 g/mol. The van der Waals surface area contributed by atoms with E-state index in [0.29, 0.717) is 25.1 Å². The quantitative estimate of drug-likeness (QED) is 0.244. The van der Waals surface area contributed by atoms with Crippen molar-refractivity contribution in [2.75, 3.05) is 20.8 Å². The van der Waals surface area contributed by atoms with Gasteiger partial charge in [-0.2, -0.15) is 0 Å². The number of aromatic hydroxyl groups is 1. The Bertz CT molecular complexity index is 936. The number of amides is 1. The van der Waals surface area contributed by atoms with Gasteiger partial charge in [0.2, 0.25) is 5.91 Å². The van der Waals surface area contributed by atoms with Gasteiger partial charge in [0.1, 0.15) is 6.04 Å². The van der Waals surface area contributed by atoms with E-state index in [1.54, 1.807) is 12.1 Å². The Morgan fingerprint density at radius 1 is 1.00 bits per heavy atom. The van der Waals surface area contributed by atoms with Gasteiger partial charge in [0.05, 0.1) is 26.7 Å². The molecule has 2 aromatic carbocycles. The van der Waals surface area contributed by atoms with Crippen molar-refractivity contribution in [1.29, 1.82) is 0 Å². The number of carbonyl (C=O) groups excluding carboxylic acids is 2. The molecule has 6 N–H and O–H groups in total. The molecule has 186 valence electrons. The van der Waals surface area contributed by atoms with Crippen LogP contribution in [0.2, 0.25) is 0 Å². The first kappa shape index (κ1) is 28.4.